The van der Waals surface area contributed by atoms with Gasteiger partial charge in [-0.05, 0) is 91.9 Å². The maximum absolute atomic E-state index is 13.3. The van der Waals surface area contributed by atoms with Crippen molar-refractivity contribution < 1.29 is 19.2 Å². The smallest absolute Gasteiger partial charge is 0.320 e. The molecule has 6 heterocycles. The number of carbonyl (C=O) groups is 4. The highest BCUT2D eigenvalue weighted by Gasteiger charge is 2.35. The second kappa shape index (κ2) is 16.2. The van der Waals surface area contributed by atoms with Gasteiger partial charge in [-0.2, -0.15) is 0 Å². The van der Waals surface area contributed by atoms with Gasteiger partial charge in [-0.1, -0.05) is 24.3 Å². The molecule has 0 spiro atoms. The van der Waals surface area contributed by atoms with E-state index in [2.05, 4.69) is 50.0 Å². The molecule has 2 aromatic carbocycles. The lowest BCUT2D eigenvalue weighted by Crippen LogP contribution is -2.52. The summed E-state index contributed by atoms with van der Waals surface area (Å²) in [5.74, 6) is 0.993. The lowest BCUT2D eigenvalue weighted by molar-refractivity contribution is -0.132. The Balaban J connectivity index is 0.763. The lowest BCUT2D eigenvalue weighted by Gasteiger charge is -2.44. The predicted molar refractivity (Wildman–Crippen MR) is 225 cm³/mol. The molecule has 59 heavy (non-hydrogen) atoms. The molecule has 2 aromatic heterocycles. The van der Waals surface area contributed by atoms with Gasteiger partial charge in [-0.25, -0.2) is 14.8 Å². The molecule has 2 N–H and O–H groups in total. The van der Waals surface area contributed by atoms with Gasteiger partial charge >= 0.3 is 6.03 Å². The molecule has 5 fully saturated rings. The zero-order valence-corrected chi connectivity index (χ0v) is 33.8. The van der Waals surface area contributed by atoms with Crippen LogP contribution in [0.1, 0.15) is 84.2 Å². The van der Waals surface area contributed by atoms with Crippen molar-refractivity contribution in [3.8, 4) is 0 Å². The Morgan fingerprint density at radius 1 is 0.864 bits per heavy atom. The van der Waals surface area contributed by atoms with Gasteiger partial charge in [-0.3, -0.25) is 19.2 Å². The minimum atomic E-state index is -0.587. The fourth-order valence-corrected chi connectivity index (χ4v) is 9.98. The summed E-state index contributed by atoms with van der Waals surface area (Å²) in [7, 11) is 1.85. The molecule has 14 heteroatoms. The van der Waals surface area contributed by atoms with Crippen LogP contribution in [0, 0.1) is 5.92 Å². The first-order valence-electron chi connectivity index (χ1n) is 21.3. The molecule has 14 nitrogen and oxygen atoms in total. The Bertz CT molecular complexity index is 2330. The van der Waals surface area contributed by atoms with E-state index in [9.17, 15) is 24.0 Å². The number of ketones is 2. The second-order valence-corrected chi connectivity index (χ2v) is 17.3. The van der Waals surface area contributed by atoms with Gasteiger partial charge in [0.1, 0.15) is 17.3 Å². The van der Waals surface area contributed by atoms with E-state index < -0.39 is 11.9 Å². The summed E-state index contributed by atoms with van der Waals surface area (Å²) in [5.41, 5.74) is 9.85. The van der Waals surface area contributed by atoms with E-state index in [4.69, 9.17) is 10.7 Å². The van der Waals surface area contributed by atoms with Crippen molar-refractivity contribution in [2.45, 2.75) is 69.4 Å². The number of nitrogens with two attached hydrogens (primary N) is 1. The van der Waals surface area contributed by atoms with Gasteiger partial charge in [0.05, 0.1) is 30.4 Å². The first-order chi connectivity index (χ1) is 28.6. The van der Waals surface area contributed by atoms with Gasteiger partial charge in [0, 0.05) is 88.9 Å². The number of hydrogen-bond acceptors (Lipinski definition) is 10. The first-order valence-corrected chi connectivity index (χ1v) is 21.3. The number of pyridine rings is 1. The number of likely N-dealkylation sites (N-methyl/N-ethyl adjacent to an activating group) is 1. The normalized spacial score (nSPS) is 22.4. The number of Topliss-reactive ketones (excluding diaryl/α,β-unsaturated/α-hetero) is 2. The molecule has 1 aliphatic carbocycles. The molecule has 4 aromatic rings. The monoisotopic (exact) mass is 799 g/mol. The van der Waals surface area contributed by atoms with Crippen LogP contribution in [0.25, 0.3) is 10.8 Å². The number of primary amides is 1. The number of amides is 3. The topological polar surface area (TPSA) is 158 Å². The van der Waals surface area contributed by atoms with Crippen molar-refractivity contribution in [2.75, 3.05) is 75.8 Å². The minimum absolute atomic E-state index is 0.0477. The number of likely N-dealkylation sites (tertiary alicyclic amines) is 1. The molecule has 308 valence electrons. The van der Waals surface area contributed by atoms with E-state index in [1.165, 1.54) is 10.1 Å². The van der Waals surface area contributed by atoms with Crippen molar-refractivity contribution in [1.82, 2.24) is 29.2 Å². The lowest BCUT2D eigenvalue weighted by atomic mass is 9.88. The minimum Gasteiger partial charge on any atom is -0.371 e. The third-order valence-electron chi connectivity index (χ3n) is 13.4. The van der Waals surface area contributed by atoms with E-state index >= 15 is 0 Å². The van der Waals surface area contributed by atoms with Crippen LogP contribution in [0.4, 0.5) is 16.3 Å². The molecule has 0 bridgehead atoms. The van der Waals surface area contributed by atoms with Crippen molar-refractivity contribution >= 4 is 45.8 Å². The molecule has 1 unspecified atom stereocenters. The van der Waals surface area contributed by atoms with Crippen molar-refractivity contribution in [2.24, 2.45) is 11.7 Å². The molecule has 9 rings (SSSR count). The Kier molecular flexibility index (Phi) is 10.7. The quantitative estimate of drug-likeness (QED) is 0.233. The maximum atomic E-state index is 13.3. The molecule has 5 aliphatic rings. The highest BCUT2D eigenvalue weighted by atomic mass is 16.2. The van der Waals surface area contributed by atoms with E-state index in [0.29, 0.717) is 54.5 Å². The number of urea groups is 1. The molecule has 4 aliphatic heterocycles. The van der Waals surface area contributed by atoms with Gasteiger partial charge < -0.3 is 34.8 Å². The van der Waals surface area contributed by atoms with Crippen LogP contribution in [0.3, 0.4) is 0 Å². The summed E-state index contributed by atoms with van der Waals surface area (Å²) < 4.78 is 1.51. The average Bonchev–Trinajstić information content (AvgIpc) is 3.56. The van der Waals surface area contributed by atoms with Crippen LogP contribution in [-0.2, 0) is 16.0 Å². The highest BCUT2D eigenvalue weighted by Crippen LogP contribution is 2.33. The van der Waals surface area contributed by atoms with Crippen molar-refractivity contribution in [3.05, 3.63) is 93.8 Å². The predicted octanol–water partition coefficient (Wildman–Crippen LogP) is 4.00. The molecule has 0 radical (unpaired) electrons. The van der Waals surface area contributed by atoms with E-state index in [1.54, 1.807) is 17.3 Å². The molecular weight excluding hydrogens is 747 g/mol. The Labute approximate surface area is 344 Å². The number of fused-ring (bicyclic) bond motifs is 1. The highest BCUT2D eigenvalue weighted by molar-refractivity contribution is 6.03. The fraction of sp³-hybridized carbons (Fsp3) is 0.489. The van der Waals surface area contributed by atoms with Crippen LogP contribution in [0.15, 0.2) is 65.7 Å². The fourth-order valence-electron chi connectivity index (χ4n) is 9.98. The second-order valence-electron chi connectivity index (χ2n) is 17.3. The number of rotatable bonds is 10. The van der Waals surface area contributed by atoms with Crippen molar-refractivity contribution in [1.29, 1.82) is 0 Å². The van der Waals surface area contributed by atoms with Gasteiger partial charge in [0.15, 0.2) is 5.78 Å². The van der Waals surface area contributed by atoms with Gasteiger partial charge in [0.25, 0.3) is 11.5 Å². The van der Waals surface area contributed by atoms with Gasteiger partial charge in [-0.15, -0.1) is 0 Å². The summed E-state index contributed by atoms with van der Waals surface area (Å²) in [6.07, 6.45) is 8.57. The van der Waals surface area contributed by atoms with Crippen LogP contribution < -0.4 is 21.1 Å². The zero-order chi connectivity index (χ0) is 40.8. The summed E-state index contributed by atoms with van der Waals surface area (Å²) in [4.78, 5) is 82.9. The van der Waals surface area contributed by atoms with E-state index in [1.807, 2.05) is 30.1 Å². The average molecular weight is 800 g/mol. The van der Waals surface area contributed by atoms with Gasteiger partial charge in [0.2, 0.25) is 0 Å². The Hall–Kier alpha value is -5.63. The summed E-state index contributed by atoms with van der Waals surface area (Å²) in [6, 6.07) is 16.2. The van der Waals surface area contributed by atoms with Crippen LogP contribution in [0.5, 0.6) is 0 Å². The molecular formula is C45H53N9O5. The molecule has 1 saturated carbocycles. The summed E-state index contributed by atoms with van der Waals surface area (Å²) >= 11 is 0. The van der Waals surface area contributed by atoms with E-state index in [0.717, 1.165) is 94.7 Å². The first kappa shape index (κ1) is 38.9. The number of hydrogen-bond donors (Lipinski definition) is 1. The number of piperidine rings is 2. The van der Waals surface area contributed by atoms with E-state index in [-0.39, 0.29) is 41.3 Å². The summed E-state index contributed by atoms with van der Waals surface area (Å²) in [6.45, 7) is 8.15. The van der Waals surface area contributed by atoms with Crippen LogP contribution in [-0.4, -0.2) is 125 Å². The number of anilines is 2. The maximum Gasteiger partial charge on any atom is 0.320 e. The third kappa shape index (κ3) is 7.94. The standard InChI is InChI=1S/C45H53N9O5/c1-49-19-20-53(45(49)59)35-3-2-15-51(28-35)41-24-47-42(43(46)57)38(48-41)21-29-4-6-31(7-5-29)32-12-16-50(17-13-32)25-30-26-52(27-30)34-8-10-37-33(22-34)14-18-54(44(37)58)39-11-9-36(55)23-40(39)56/h4-8,10,14,18,22,24,30,32,35,39H,2-3,9,11-13,15-17,19-21,23,25-28H2,1H3,(H2,46,57)/t35-,39?/m1/s1. The number of carbonyl (C=O) groups excluding carboxylic acids is 4. The molecule has 2 atom stereocenters. The van der Waals surface area contributed by atoms with Crippen molar-refractivity contribution in [3.63, 3.8) is 0 Å². The van der Waals surface area contributed by atoms with Crippen LogP contribution in [0.2, 0.25) is 0 Å². The molecule has 4 saturated heterocycles. The van der Waals surface area contributed by atoms with Crippen LogP contribution >= 0.6 is 0 Å². The Morgan fingerprint density at radius 3 is 2.39 bits per heavy atom. The summed E-state index contributed by atoms with van der Waals surface area (Å²) in [5, 5.41) is 1.47. The third-order valence-corrected chi connectivity index (χ3v) is 13.4. The number of benzene rings is 2. The molecule has 3 amide bonds. The Morgan fingerprint density at radius 2 is 1.66 bits per heavy atom. The number of aromatic nitrogens is 3. The zero-order valence-electron chi connectivity index (χ0n) is 33.8. The largest absolute Gasteiger partial charge is 0.371 e. The SMILES string of the molecule is CN1CCN([C@@H]2CCCN(c3cnc(C(N)=O)c(Cc4ccc(C5CCN(CC6CN(c7ccc8c(=O)n(C9CCC(=O)CC9=O)ccc8c7)C6)CC5)cc4)n3)C2)C1=O. The number of nitrogens with zero attached hydrogens (tertiary/aromatic N) is 8.